The first-order valence-corrected chi connectivity index (χ1v) is 7.06. The Morgan fingerprint density at radius 1 is 1.47 bits per heavy atom. The summed E-state index contributed by atoms with van der Waals surface area (Å²) in [5.74, 6) is 0. The van der Waals surface area contributed by atoms with Crippen molar-refractivity contribution >= 4 is 32.6 Å². The van der Waals surface area contributed by atoms with Gasteiger partial charge < -0.3 is 0 Å². The number of rotatable bonds is 3. The van der Waals surface area contributed by atoms with E-state index in [1.807, 2.05) is 26.8 Å². The van der Waals surface area contributed by atoms with Crippen molar-refractivity contribution in [2.24, 2.45) is 4.40 Å². The molecule has 0 bridgehead atoms. The Kier molecular flexibility index (Phi) is 5.01. The summed E-state index contributed by atoms with van der Waals surface area (Å²) in [5.41, 5.74) is 0.874. The molecule has 0 aromatic heterocycles. The summed E-state index contributed by atoms with van der Waals surface area (Å²) in [6, 6.07) is 7.16. The van der Waals surface area contributed by atoms with Gasteiger partial charge in [0.1, 0.15) is 17.7 Å². The molecule has 1 unspecified atom stereocenters. The van der Waals surface area contributed by atoms with Crippen LogP contribution in [0.2, 0.25) is 0 Å². The van der Waals surface area contributed by atoms with Crippen LogP contribution in [0.3, 0.4) is 0 Å². The van der Waals surface area contributed by atoms with Crippen molar-refractivity contribution < 1.29 is 8.60 Å². The predicted octanol–water partition coefficient (Wildman–Crippen LogP) is 3.67. The molecule has 0 N–H and O–H groups in total. The summed E-state index contributed by atoms with van der Waals surface area (Å²) in [5, 5.41) is 0. The average Bonchev–Trinajstić information content (AvgIpc) is 2.24. The largest absolute Gasteiger partial charge is 0.244 e. The zero-order valence-electron chi connectivity index (χ0n) is 10.0. The standard InChI is InChI=1S/C12H15BrFNOS/c1-12(2,3)17(16)15-11(8-14)9-5-4-6-10(13)7-9/h4-7H,8H2,1-3H3. The van der Waals surface area contributed by atoms with Crippen LogP contribution in [0, 0.1) is 0 Å². The lowest BCUT2D eigenvalue weighted by atomic mass is 10.1. The van der Waals surface area contributed by atoms with Gasteiger partial charge in [0.15, 0.2) is 0 Å². The zero-order valence-corrected chi connectivity index (χ0v) is 12.4. The average molecular weight is 320 g/mol. The molecule has 0 aliphatic carbocycles. The van der Waals surface area contributed by atoms with E-state index in [2.05, 4.69) is 20.3 Å². The van der Waals surface area contributed by atoms with E-state index in [1.165, 1.54) is 0 Å². The fourth-order valence-corrected chi connectivity index (χ4v) is 2.09. The zero-order chi connectivity index (χ0) is 13.1. The van der Waals surface area contributed by atoms with E-state index in [4.69, 9.17) is 0 Å². The van der Waals surface area contributed by atoms with Crippen LogP contribution in [0.4, 0.5) is 4.39 Å². The van der Waals surface area contributed by atoms with Gasteiger partial charge in [-0.1, -0.05) is 28.1 Å². The lowest BCUT2D eigenvalue weighted by molar-refractivity contribution is 0.581. The van der Waals surface area contributed by atoms with Crippen molar-refractivity contribution in [3.05, 3.63) is 34.3 Å². The molecule has 0 aliphatic heterocycles. The van der Waals surface area contributed by atoms with Gasteiger partial charge >= 0.3 is 0 Å². The molecule has 0 saturated carbocycles. The molecule has 0 spiro atoms. The molecule has 0 fully saturated rings. The van der Waals surface area contributed by atoms with Crippen molar-refractivity contribution in [3.63, 3.8) is 0 Å². The summed E-state index contributed by atoms with van der Waals surface area (Å²) in [7, 11) is -1.44. The first-order chi connectivity index (χ1) is 7.84. The van der Waals surface area contributed by atoms with E-state index in [9.17, 15) is 8.60 Å². The molecule has 0 aliphatic rings. The number of hydrogen-bond acceptors (Lipinski definition) is 1. The highest BCUT2D eigenvalue weighted by Crippen LogP contribution is 2.16. The van der Waals surface area contributed by atoms with Gasteiger partial charge in [0.25, 0.3) is 0 Å². The fourth-order valence-electron chi connectivity index (χ4n) is 1.06. The topological polar surface area (TPSA) is 29.4 Å². The highest BCUT2D eigenvalue weighted by atomic mass is 79.9. The van der Waals surface area contributed by atoms with Gasteiger partial charge in [-0.05, 0) is 32.9 Å². The molecule has 94 valence electrons. The van der Waals surface area contributed by atoms with Crippen LogP contribution in [-0.2, 0) is 11.0 Å². The highest BCUT2D eigenvalue weighted by molar-refractivity contribution is 9.10. The van der Waals surface area contributed by atoms with Crippen LogP contribution < -0.4 is 0 Å². The maximum atomic E-state index is 12.9. The highest BCUT2D eigenvalue weighted by Gasteiger charge is 2.20. The van der Waals surface area contributed by atoms with Gasteiger partial charge in [-0.25, -0.2) is 8.60 Å². The van der Waals surface area contributed by atoms with Crippen LogP contribution >= 0.6 is 15.9 Å². The molecule has 0 saturated heterocycles. The number of benzene rings is 1. The second-order valence-corrected chi connectivity index (χ2v) is 7.36. The van der Waals surface area contributed by atoms with Crippen molar-refractivity contribution in [1.29, 1.82) is 0 Å². The molecular weight excluding hydrogens is 305 g/mol. The van der Waals surface area contributed by atoms with Gasteiger partial charge in [0.05, 0.1) is 10.5 Å². The number of alkyl halides is 1. The maximum Gasteiger partial charge on any atom is 0.145 e. The Morgan fingerprint density at radius 2 is 2.12 bits per heavy atom. The van der Waals surface area contributed by atoms with E-state index >= 15 is 0 Å². The summed E-state index contributed by atoms with van der Waals surface area (Å²) in [4.78, 5) is 0. The van der Waals surface area contributed by atoms with E-state index < -0.39 is 22.4 Å². The molecule has 1 rings (SSSR count). The molecule has 0 heterocycles. The minimum absolute atomic E-state index is 0.222. The minimum atomic E-state index is -1.44. The van der Waals surface area contributed by atoms with Gasteiger partial charge in [-0.2, -0.15) is 4.40 Å². The molecule has 5 heteroatoms. The third kappa shape index (κ3) is 4.32. The van der Waals surface area contributed by atoms with Crippen LogP contribution in [-0.4, -0.2) is 21.3 Å². The Labute approximate surface area is 112 Å². The van der Waals surface area contributed by atoms with Crippen LogP contribution in [0.1, 0.15) is 26.3 Å². The first kappa shape index (κ1) is 14.5. The minimum Gasteiger partial charge on any atom is -0.244 e. The van der Waals surface area contributed by atoms with Crippen molar-refractivity contribution in [2.75, 3.05) is 6.67 Å². The molecular formula is C12H15BrFNOS. The summed E-state index contributed by atoms with van der Waals surface area (Å²) in [6.45, 7) is 4.70. The molecule has 2 nitrogen and oxygen atoms in total. The van der Waals surface area contributed by atoms with E-state index in [0.29, 0.717) is 5.56 Å². The Bertz CT molecular complexity index is 454. The Morgan fingerprint density at radius 3 is 2.59 bits per heavy atom. The van der Waals surface area contributed by atoms with Crippen LogP contribution in [0.25, 0.3) is 0 Å². The number of hydrogen-bond donors (Lipinski definition) is 0. The first-order valence-electron chi connectivity index (χ1n) is 5.16. The smallest absolute Gasteiger partial charge is 0.145 e. The predicted molar refractivity (Wildman–Crippen MR) is 74.5 cm³/mol. The third-order valence-corrected chi connectivity index (χ3v) is 3.93. The van der Waals surface area contributed by atoms with Gasteiger partial charge in [-0.15, -0.1) is 0 Å². The lowest BCUT2D eigenvalue weighted by Crippen LogP contribution is -2.21. The summed E-state index contributed by atoms with van der Waals surface area (Å²) < 4.78 is 29.1. The molecule has 0 radical (unpaired) electrons. The van der Waals surface area contributed by atoms with Crippen molar-refractivity contribution in [1.82, 2.24) is 0 Å². The summed E-state index contributed by atoms with van der Waals surface area (Å²) >= 11 is 3.31. The molecule has 1 aromatic rings. The van der Waals surface area contributed by atoms with Crippen LogP contribution in [0.15, 0.2) is 33.1 Å². The van der Waals surface area contributed by atoms with E-state index in [1.54, 1.807) is 18.2 Å². The van der Waals surface area contributed by atoms with Crippen molar-refractivity contribution in [3.8, 4) is 0 Å². The fraction of sp³-hybridized carbons (Fsp3) is 0.417. The molecule has 1 atom stereocenters. The Hall–Kier alpha value is -0.550. The molecule has 17 heavy (non-hydrogen) atoms. The number of halogens is 2. The van der Waals surface area contributed by atoms with Crippen molar-refractivity contribution in [2.45, 2.75) is 25.5 Å². The van der Waals surface area contributed by atoms with E-state index in [0.717, 1.165) is 4.47 Å². The molecule has 1 aromatic carbocycles. The van der Waals surface area contributed by atoms with E-state index in [-0.39, 0.29) is 5.71 Å². The third-order valence-electron chi connectivity index (χ3n) is 2.00. The Balaban J connectivity index is 3.08. The summed E-state index contributed by atoms with van der Waals surface area (Å²) in [6.07, 6.45) is 0. The number of nitrogens with zero attached hydrogens (tertiary/aromatic N) is 1. The second kappa shape index (κ2) is 5.87. The van der Waals surface area contributed by atoms with Gasteiger partial charge in [-0.3, -0.25) is 0 Å². The normalized spacial score (nSPS) is 14.8. The lowest BCUT2D eigenvalue weighted by Gasteiger charge is -2.14. The quantitative estimate of drug-likeness (QED) is 0.781. The van der Waals surface area contributed by atoms with Gasteiger partial charge in [0, 0.05) is 10.0 Å². The molecule has 0 amide bonds. The second-order valence-electron chi connectivity index (χ2n) is 4.54. The maximum absolute atomic E-state index is 12.9. The van der Waals surface area contributed by atoms with Gasteiger partial charge in [0.2, 0.25) is 0 Å². The SMILES string of the molecule is CC(C)(C)S(=O)N=C(CF)c1cccc(Br)c1. The monoisotopic (exact) mass is 319 g/mol. The van der Waals surface area contributed by atoms with Crippen LogP contribution in [0.5, 0.6) is 0 Å².